The summed E-state index contributed by atoms with van der Waals surface area (Å²) < 4.78 is 4.73. The average Bonchev–Trinajstić information content (AvgIpc) is 2.15. The summed E-state index contributed by atoms with van der Waals surface area (Å²) in [5, 5.41) is 11.1. The summed E-state index contributed by atoms with van der Waals surface area (Å²) in [6, 6.07) is 0. The molecule has 0 aromatic rings. The number of carbonyl (C=O) groups excluding carboxylic acids is 2. The number of carbonyl (C=O) groups is 3. The number of hydrogen-bond acceptors (Lipinski definition) is 5. The number of hydrogen-bond donors (Lipinski definition) is 3. The van der Waals surface area contributed by atoms with Crippen LogP contribution >= 0.6 is 0 Å². The van der Waals surface area contributed by atoms with Gasteiger partial charge in [0.1, 0.15) is 0 Å². The first kappa shape index (κ1) is 15.3. The topological polar surface area (TPSA) is 122 Å². The third-order valence-electron chi connectivity index (χ3n) is 1.73. The van der Waals surface area contributed by atoms with Crippen molar-refractivity contribution in [3.63, 3.8) is 0 Å². The van der Waals surface area contributed by atoms with Crippen molar-refractivity contribution >= 4 is 17.8 Å². The van der Waals surface area contributed by atoms with E-state index in [2.05, 4.69) is 5.32 Å². The van der Waals surface area contributed by atoms with Crippen LogP contribution in [-0.2, 0) is 19.1 Å². The van der Waals surface area contributed by atoms with Gasteiger partial charge in [-0.05, 0) is 0 Å². The molecule has 0 aliphatic heterocycles. The molecule has 98 valence electrons. The van der Waals surface area contributed by atoms with Crippen molar-refractivity contribution in [3.8, 4) is 0 Å². The lowest BCUT2D eigenvalue weighted by Gasteiger charge is -2.17. The Labute approximate surface area is 98.7 Å². The standard InChI is InChI=1S/C9H17N3O5/c1-17-3-2-11-8(14)5-12(4-7(10)13)6-9(15)16/h2-6H2,1H3,(H2,10,13)(H,11,14)(H,15,16). The molecule has 0 atom stereocenters. The zero-order chi connectivity index (χ0) is 13.3. The fourth-order valence-electron chi connectivity index (χ4n) is 1.13. The molecule has 0 saturated carbocycles. The normalized spacial score (nSPS) is 10.2. The van der Waals surface area contributed by atoms with E-state index in [9.17, 15) is 14.4 Å². The first-order valence-corrected chi connectivity index (χ1v) is 4.93. The van der Waals surface area contributed by atoms with Gasteiger partial charge >= 0.3 is 5.97 Å². The first-order chi connectivity index (χ1) is 7.95. The lowest BCUT2D eigenvalue weighted by Crippen LogP contribution is -2.44. The number of amides is 2. The number of nitrogens with one attached hydrogen (secondary N) is 1. The van der Waals surface area contributed by atoms with Gasteiger partial charge in [-0.1, -0.05) is 0 Å². The molecule has 0 saturated heterocycles. The third-order valence-corrected chi connectivity index (χ3v) is 1.73. The number of aliphatic carboxylic acids is 1. The molecular weight excluding hydrogens is 230 g/mol. The van der Waals surface area contributed by atoms with Gasteiger partial charge in [0, 0.05) is 13.7 Å². The van der Waals surface area contributed by atoms with Crippen LogP contribution in [0, 0.1) is 0 Å². The minimum atomic E-state index is -1.13. The Balaban J connectivity index is 4.07. The summed E-state index contributed by atoms with van der Waals surface area (Å²) in [5.41, 5.74) is 4.94. The summed E-state index contributed by atoms with van der Waals surface area (Å²) in [6.07, 6.45) is 0. The number of carboxylic acid groups (broad SMARTS) is 1. The first-order valence-electron chi connectivity index (χ1n) is 4.93. The van der Waals surface area contributed by atoms with E-state index in [0.717, 1.165) is 4.90 Å². The molecule has 8 heteroatoms. The highest BCUT2D eigenvalue weighted by Gasteiger charge is 2.15. The van der Waals surface area contributed by atoms with Crippen LogP contribution in [0.2, 0.25) is 0 Å². The van der Waals surface area contributed by atoms with Gasteiger partial charge in [0.2, 0.25) is 11.8 Å². The van der Waals surface area contributed by atoms with Crippen LogP contribution in [0.5, 0.6) is 0 Å². The number of rotatable bonds is 9. The Morgan fingerprint density at radius 2 is 1.94 bits per heavy atom. The van der Waals surface area contributed by atoms with E-state index in [1.165, 1.54) is 7.11 Å². The Morgan fingerprint density at radius 3 is 2.41 bits per heavy atom. The summed E-state index contributed by atoms with van der Waals surface area (Å²) in [6.45, 7) is -0.198. The minimum absolute atomic E-state index is 0.195. The van der Waals surface area contributed by atoms with Crippen molar-refractivity contribution in [2.45, 2.75) is 0 Å². The molecule has 0 rings (SSSR count). The van der Waals surface area contributed by atoms with E-state index in [-0.39, 0.29) is 19.0 Å². The molecule has 0 aliphatic rings. The van der Waals surface area contributed by atoms with Gasteiger partial charge in [0.15, 0.2) is 0 Å². The number of ether oxygens (including phenoxy) is 1. The molecule has 0 radical (unpaired) electrons. The molecule has 0 bridgehead atoms. The molecule has 0 unspecified atom stereocenters. The Bertz CT molecular complexity index is 266. The van der Waals surface area contributed by atoms with Gasteiger partial charge < -0.3 is 20.9 Å². The highest BCUT2D eigenvalue weighted by molar-refractivity contribution is 5.81. The number of nitrogens with zero attached hydrogens (tertiary/aromatic N) is 1. The number of carboxylic acids is 1. The molecule has 2 amide bonds. The van der Waals surface area contributed by atoms with Gasteiger partial charge in [-0.3, -0.25) is 19.3 Å². The fraction of sp³-hybridized carbons (Fsp3) is 0.667. The van der Waals surface area contributed by atoms with E-state index in [1.54, 1.807) is 0 Å². The maximum absolute atomic E-state index is 11.3. The number of methoxy groups -OCH3 is 1. The molecule has 0 aromatic carbocycles. The SMILES string of the molecule is COCCNC(=O)CN(CC(N)=O)CC(=O)O. The van der Waals surface area contributed by atoms with Crippen LogP contribution in [0.4, 0.5) is 0 Å². The van der Waals surface area contributed by atoms with Gasteiger partial charge in [0.25, 0.3) is 0 Å². The second-order valence-electron chi connectivity index (χ2n) is 3.35. The maximum Gasteiger partial charge on any atom is 0.317 e. The van der Waals surface area contributed by atoms with Crippen molar-refractivity contribution in [2.75, 3.05) is 39.9 Å². The van der Waals surface area contributed by atoms with Crippen molar-refractivity contribution in [3.05, 3.63) is 0 Å². The van der Waals surface area contributed by atoms with E-state index in [4.69, 9.17) is 15.6 Å². The van der Waals surface area contributed by atoms with Crippen LogP contribution in [0.1, 0.15) is 0 Å². The lowest BCUT2D eigenvalue weighted by molar-refractivity contribution is -0.139. The smallest absolute Gasteiger partial charge is 0.317 e. The van der Waals surface area contributed by atoms with Crippen molar-refractivity contribution in [1.82, 2.24) is 10.2 Å². The molecule has 0 aliphatic carbocycles. The number of nitrogens with two attached hydrogens (primary N) is 1. The molecular formula is C9H17N3O5. The summed E-state index contributed by atoms with van der Waals surface area (Å²) in [7, 11) is 1.50. The predicted molar refractivity (Wildman–Crippen MR) is 58.2 cm³/mol. The van der Waals surface area contributed by atoms with E-state index in [0.29, 0.717) is 13.2 Å². The quantitative estimate of drug-likeness (QED) is 0.391. The average molecular weight is 247 g/mol. The highest BCUT2D eigenvalue weighted by atomic mass is 16.5. The van der Waals surface area contributed by atoms with Crippen LogP contribution in [0.3, 0.4) is 0 Å². The molecule has 0 heterocycles. The van der Waals surface area contributed by atoms with Crippen molar-refractivity contribution < 1.29 is 24.2 Å². The third kappa shape index (κ3) is 9.27. The summed E-state index contributed by atoms with van der Waals surface area (Å²) in [4.78, 5) is 33.6. The largest absolute Gasteiger partial charge is 0.480 e. The Hall–Kier alpha value is -1.67. The monoisotopic (exact) mass is 247 g/mol. The minimum Gasteiger partial charge on any atom is -0.480 e. The van der Waals surface area contributed by atoms with Crippen molar-refractivity contribution in [1.29, 1.82) is 0 Å². The molecule has 4 N–H and O–H groups in total. The Morgan fingerprint density at radius 1 is 1.29 bits per heavy atom. The van der Waals surface area contributed by atoms with Crippen LogP contribution in [0.25, 0.3) is 0 Å². The zero-order valence-electron chi connectivity index (χ0n) is 9.64. The molecule has 0 aromatic heterocycles. The van der Waals surface area contributed by atoms with Gasteiger partial charge in [-0.25, -0.2) is 0 Å². The molecule has 0 spiro atoms. The van der Waals surface area contributed by atoms with Crippen LogP contribution < -0.4 is 11.1 Å². The van der Waals surface area contributed by atoms with Crippen molar-refractivity contribution in [2.24, 2.45) is 5.73 Å². The van der Waals surface area contributed by atoms with Gasteiger partial charge in [-0.2, -0.15) is 0 Å². The zero-order valence-corrected chi connectivity index (χ0v) is 9.64. The maximum atomic E-state index is 11.3. The van der Waals surface area contributed by atoms with E-state index in [1.807, 2.05) is 0 Å². The summed E-state index contributed by atoms with van der Waals surface area (Å²) in [5.74, 6) is -2.20. The molecule has 0 fully saturated rings. The fourth-order valence-corrected chi connectivity index (χ4v) is 1.13. The number of primary amides is 1. The predicted octanol–water partition coefficient (Wildman–Crippen LogP) is -2.38. The van der Waals surface area contributed by atoms with E-state index < -0.39 is 18.4 Å². The summed E-state index contributed by atoms with van der Waals surface area (Å²) >= 11 is 0. The Kier molecular flexibility index (Phi) is 7.65. The van der Waals surface area contributed by atoms with Crippen LogP contribution in [0.15, 0.2) is 0 Å². The highest BCUT2D eigenvalue weighted by Crippen LogP contribution is 1.87. The van der Waals surface area contributed by atoms with E-state index >= 15 is 0 Å². The second kappa shape index (κ2) is 8.48. The molecule has 8 nitrogen and oxygen atoms in total. The lowest BCUT2D eigenvalue weighted by atomic mass is 10.4. The second-order valence-corrected chi connectivity index (χ2v) is 3.35. The van der Waals surface area contributed by atoms with Gasteiger partial charge in [0.05, 0.1) is 26.2 Å². The van der Waals surface area contributed by atoms with Gasteiger partial charge in [-0.15, -0.1) is 0 Å². The molecule has 17 heavy (non-hydrogen) atoms. The van der Waals surface area contributed by atoms with Crippen LogP contribution in [-0.4, -0.2) is 67.7 Å².